The third-order valence-corrected chi connectivity index (χ3v) is 6.63. The molecule has 0 saturated heterocycles. The number of hydrogen-bond acceptors (Lipinski definition) is 4. The number of aromatic amines is 1. The highest BCUT2D eigenvalue weighted by Crippen LogP contribution is 2.44. The number of hydrogen-bond donors (Lipinski definition) is 1. The van der Waals surface area contributed by atoms with E-state index in [2.05, 4.69) is 16.0 Å². The van der Waals surface area contributed by atoms with E-state index in [0.717, 1.165) is 70.4 Å². The number of fused-ring (bicyclic) bond motifs is 2. The number of rotatable bonds is 6. The Kier molecular flexibility index (Phi) is 5.62. The first-order valence-corrected chi connectivity index (χ1v) is 11.4. The van der Waals surface area contributed by atoms with Gasteiger partial charge in [0.1, 0.15) is 11.3 Å². The third kappa shape index (κ3) is 3.86. The lowest BCUT2D eigenvalue weighted by Gasteiger charge is -2.26. The van der Waals surface area contributed by atoms with E-state index in [-0.39, 0.29) is 17.9 Å². The van der Waals surface area contributed by atoms with Crippen molar-refractivity contribution in [1.82, 2.24) is 19.4 Å². The zero-order valence-electron chi connectivity index (χ0n) is 19.7. The molecule has 35 heavy (non-hydrogen) atoms. The molecule has 180 valence electrons. The number of aryl methyl sites for hydroxylation is 3. The Morgan fingerprint density at radius 2 is 2.03 bits per heavy atom. The van der Waals surface area contributed by atoms with E-state index in [9.17, 15) is 18.4 Å². The van der Waals surface area contributed by atoms with Gasteiger partial charge in [-0.3, -0.25) is 9.59 Å². The summed E-state index contributed by atoms with van der Waals surface area (Å²) in [5.74, 6) is -1.49. The van der Waals surface area contributed by atoms with Crippen LogP contribution in [0, 0.1) is 18.6 Å². The van der Waals surface area contributed by atoms with Gasteiger partial charge in [0.15, 0.2) is 11.6 Å². The van der Waals surface area contributed by atoms with E-state index in [1.54, 1.807) is 36.3 Å². The van der Waals surface area contributed by atoms with Crippen LogP contribution in [0.1, 0.15) is 23.1 Å². The fraction of sp³-hybridized carbons (Fsp3) is 0.269. The second-order valence-electron chi connectivity index (χ2n) is 9.05. The normalized spacial score (nSPS) is 12.5. The number of carbonyl (C=O) groups is 1. The van der Waals surface area contributed by atoms with E-state index < -0.39 is 11.6 Å². The number of benzene rings is 1. The maximum atomic E-state index is 15.0. The van der Waals surface area contributed by atoms with Crippen LogP contribution in [-0.2, 0) is 24.8 Å². The van der Waals surface area contributed by atoms with Gasteiger partial charge in [0.05, 0.1) is 18.4 Å². The number of H-pyrrole nitrogens is 1. The summed E-state index contributed by atoms with van der Waals surface area (Å²) in [5, 5.41) is 0.787. The maximum absolute atomic E-state index is 15.0. The van der Waals surface area contributed by atoms with Crippen LogP contribution in [0.3, 0.4) is 0 Å². The Labute approximate surface area is 200 Å². The van der Waals surface area contributed by atoms with E-state index in [1.807, 2.05) is 13.0 Å². The van der Waals surface area contributed by atoms with Crippen LogP contribution in [0.5, 0.6) is 0 Å². The zero-order chi connectivity index (χ0) is 24.9. The second kappa shape index (κ2) is 8.65. The number of halogens is 2. The molecular formula is C26H25F2N5O2. The van der Waals surface area contributed by atoms with Crippen molar-refractivity contribution in [1.29, 1.82) is 0 Å². The number of nitrogens with one attached hydrogen (secondary N) is 1. The van der Waals surface area contributed by atoms with Gasteiger partial charge in [-0.05, 0) is 48.6 Å². The molecule has 0 bridgehead atoms. The van der Waals surface area contributed by atoms with Gasteiger partial charge in [-0.25, -0.2) is 13.8 Å². The van der Waals surface area contributed by atoms with E-state index in [0.29, 0.717) is 12.1 Å². The van der Waals surface area contributed by atoms with Crippen LogP contribution in [0.15, 0.2) is 41.6 Å². The van der Waals surface area contributed by atoms with E-state index >= 15 is 0 Å². The summed E-state index contributed by atoms with van der Waals surface area (Å²) in [5.41, 5.74) is 5.67. The first-order valence-electron chi connectivity index (χ1n) is 11.4. The summed E-state index contributed by atoms with van der Waals surface area (Å²) in [6.45, 7) is 2.88. The molecule has 0 unspecified atom stereocenters. The number of anilines is 2. The average molecular weight is 478 g/mol. The highest BCUT2D eigenvalue weighted by molar-refractivity contribution is 6.02. The molecule has 1 aliphatic heterocycles. The molecule has 7 nitrogen and oxygen atoms in total. The molecule has 5 rings (SSSR count). The summed E-state index contributed by atoms with van der Waals surface area (Å²) in [4.78, 5) is 34.3. The predicted molar refractivity (Wildman–Crippen MR) is 131 cm³/mol. The third-order valence-electron chi connectivity index (χ3n) is 6.63. The van der Waals surface area contributed by atoms with Crippen molar-refractivity contribution in [3.05, 3.63) is 75.5 Å². The summed E-state index contributed by atoms with van der Waals surface area (Å²) >= 11 is 0. The van der Waals surface area contributed by atoms with Crippen LogP contribution < -0.4 is 10.5 Å². The minimum absolute atomic E-state index is 0.0151. The monoisotopic (exact) mass is 477 g/mol. The van der Waals surface area contributed by atoms with Crippen LogP contribution in [-0.4, -0.2) is 39.4 Å². The molecule has 4 heterocycles. The molecule has 0 aliphatic carbocycles. The molecule has 9 heteroatoms. The first-order chi connectivity index (χ1) is 16.8. The Hall–Kier alpha value is -4.01. The van der Waals surface area contributed by atoms with Crippen LogP contribution in [0.4, 0.5) is 20.3 Å². The number of aromatic nitrogens is 3. The minimum atomic E-state index is -0.762. The van der Waals surface area contributed by atoms with Crippen molar-refractivity contribution in [2.75, 3.05) is 18.5 Å². The maximum Gasteiger partial charge on any atom is 0.274 e. The Morgan fingerprint density at radius 1 is 1.23 bits per heavy atom. The fourth-order valence-electron chi connectivity index (χ4n) is 4.83. The highest BCUT2D eigenvalue weighted by atomic mass is 19.1. The van der Waals surface area contributed by atoms with Gasteiger partial charge < -0.3 is 19.4 Å². The van der Waals surface area contributed by atoms with Crippen molar-refractivity contribution < 1.29 is 13.6 Å². The standard InChI is InChI=1S/C26H25F2N5O2/c1-15-7-22-19(8-16(15)5-4-6-31(2)14-34)20-13-32(3)26(35)24-23(20)17(10-29-24)12-33(22)25-21(28)9-18(27)11-30-25/h7-11,13-14,29H,4-6,12H2,1-3H3. The average Bonchev–Trinajstić information content (AvgIpc) is 3.20. The second-order valence-corrected chi connectivity index (χ2v) is 9.05. The summed E-state index contributed by atoms with van der Waals surface area (Å²) < 4.78 is 30.1. The Bertz CT molecular complexity index is 1520. The molecule has 4 aromatic rings. The summed E-state index contributed by atoms with van der Waals surface area (Å²) in [6.07, 6.45) is 6.90. The molecule has 1 N–H and O–H groups in total. The summed E-state index contributed by atoms with van der Waals surface area (Å²) in [7, 11) is 3.44. The zero-order valence-corrected chi connectivity index (χ0v) is 19.7. The van der Waals surface area contributed by atoms with Gasteiger partial charge in [-0.15, -0.1) is 0 Å². The topological polar surface area (TPSA) is 74.2 Å². The van der Waals surface area contributed by atoms with E-state index in [4.69, 9.17) is 0 Å². The van der Waals surface area contributed by atoms with Gasteiger partial charge in [0.2, 0.25) is 6.41 Å². The van der Waals surface area contributed by atoms with Gasteiger partial charge in [-0.2, -0.15) is 0 Å². The molecule has 0 atom stereocenters. The van der Waals surface area contributed by atoms with Crippen molar-refractivity contribution in [3.63, 3.8) is 0 Å². The van der Waals surface area contributed by atoms with Gasteiger partial charge in [0, 0.05) is 55.6 Å². The van der Waals surface area contributed by atoms with Crippen LogP contribution in [0.2, 0.25) is 0 Å². The lowest BCUT2D eigenvalue weighted by atomic mass is 9.94. The minimum Gasteiger partial charge on any atom is -0.356 e. The molecule has 0 fully saturated rings. The van der Waals surface area contributed by atoms with Gasteiger partial charge in [0.25, 0.3) is 5.56 Å². The molecule has 0 spiro atoms. The van der Waals surface area contributed by atoms with Gasteiger partial charge >= 0.3 is 0 Å². The predicted octanol–water partition coefficient (Wildman–Crippen LogP) is 4.19. The van der Waals surface area contributed by atoms with Crippen LogP contribution >= 0.6 is 0 Å². The first kappa shape index (κ1) is 22.8. The van der Waals surface area contributed by atoms with E-state index in [1.165, 1.54) is 4.57 Å². The molecule has 3 aromatic heterocycles. The molecule has 1 aromatic carbocycles. The lowest BCUT2D eigenvalue weighted by Crippen LogP contribution is -2.20. The van der Waals surface area contributed by atoms with Crippen LogP contribution in [0.25, 0.3) is 22.0 Å². The van der Waals surface area contributed by atoms with Gasteiger partial charge in [-0.1, -0.05) is 0 Å². The SMILES string of the molecule is Cc1cc2c(cc1CCCN(C)C=O)-c1cn(C)c(=O)c3[nH]cc(c13)CN2c1ncc(F)cc1F. The molecule has 0 saturated carbocycles. The smallest absolute Gasteiger partial charge is 0.274 e. The quantitative estimate of drug-likeness (QED) is 0.423. The molecule has 0 radical (unpaired) electrons. The molecule has 1 amide bonds. The molecular weight excluding hydrogens is 452 g/mol. The number of nitrogens with zero attached hydrogens (tertiary/aromatic N) is 4. The number of pyridine rings is 2. The number of carbonyl (C=O) groups excluding carboxylic acids is 1. The van der Waals surface area contributed by atoms with Crippen molar-refractivity contribution >= 4 is 28.8 Å². The van der Waals surface area contributed by atoms with Crippen molar-refractivity contribution in [2.24, 2.45) is 7.05 Å². The van der Waals surface area contributed by atoms with Crippen molar-refractivity contribution in [2.45, 2.75) is 26.3 Å². The van der Waals surface area contributed by atoms with Crippen molar-refractivity contribution in [3.8, 4) is 11.1 Å². The highest BCUT2D eigenvalue weighted by Gasteiger charge is 2.28. The lowest BCUT2D eigenvalue weighted by molar-refractivity contribution is -0.117. The molecule has 1 aliphatic rings. The summed E-state index contributed by atoms with van der Waals surface area (Å²) in [6, 6.07) is 4.89. The Morgan fingerprint density at radius 3 is 2.77 bits per heavy atom. The Balaban J connectivity index is 1.73. The number of amides is 1. The fourth-order valence-corrected chi connectivity index (χ4v) is 4.83. The largest absolute Gasteiger partial charge is 0.356 e.